The average Bonchev–Trinajstić information content (AvgIpc) is 2.55. The molecule has 0 atom stereocenters. The van der Waals surface area contributed by atoms with Gasteiger partial charge < -0.3 is 19.1 Å². The van der Waals surface area contributed by atoms with Gasteiger partial charge in [-0.15, -0.1) is 0 Å². The first-order valence-electron chi connectivity index (χ1n) is 7.74. The van der Waals surface area contributed by atoms with Crippen LogP contribution in [0.1, 0.15) is 18.1 Å². The first-order chi connectivity index (χ1) is 11.1. The van der Waals surface area contributed by atoms with Crippen molar-refractivity contribution in [2.24, 2.45) is 0 Å². The molecule has 2 rings (SSSR count). The van der Waals surface area contributed by atoms with Crippen LogP contribution in [0.2, 0.25) is 0 Å². The standard InChI is InChI=1S/C19H25NO3/c1-6-23-19-17(21-4)11-15(12-18(19)22-5)13-20(3)16-9-7-8-14(2)10-16/h7-12H,6,13H2,1-5H3. The highest BCUT2D eigenvalue weighted by Gasteiger charge is 2.14. The quantitative estimate of drug-likeness (QED) is 0.771. The van der Waals surface area contributed by atoms with E-state index in [0.717, 1.165) is 12.1 Å². The number of hydrogen-bond acceptors (Lipinski definition) is 4. The number of rotatable bonds is 7. The lowest BCUT2D eigenvalue weighted by Crippen LogP contribution is -2.16. The minimum Gasteiger partial charge on any atom is -0.493 e. The highest BCUT2D eigenvalue weighted by molar-refractivity contribution is 5.55. The summed E-state index contributed by atoms with van der Waals surface area (Å²) in [4.78, 5) is 2.20. The summed E-state index contributed by atoms with van der Waals surface area (Å²) in [6.07, 6.45) is 0. The molecule has 4 nitrogen and oxygen atoms in total. The van der Waals surface area contributed by atoms with Crippen molar-refractivity contribution in [2.75, 3.05) is 32.8 Å². The molecular weight excluding hydrogens is 290 g/mol. The van der Waals surface area contributed by atoms with Crippen LogP contribution in [0, 0.1) is 6.92 Å². The zero-order valence-corrected chi connectivity index (χ0v) is 14.6. The zero-order chi connectivity index (χ0) is 16.8. The Morgan fingerprint density at radius 2 is 1.65 bits per heavy atom. The van der Waals surface area contributed by atoms with Gasteiger partial charge in [0.2, 0.25) is 5.75 Å². The smallest absolute Gasteiger partial charge is 0.203 e. The largest absolute Gasteiger partial charge is 0.493 e. The lowest BCUT2D eigenvalue weighted by Gasteiger charge is -2.21. The van der Waals surface area contributed by atoms with Crippen LogP contribution in [0.25, 0.3) is 0 Å². The van der Waals surface area contributed by atoms with Gasteiger partial charge in [-0.1, -0.05) is 12.1 Å². The van der Waals surface area contributed by atoms with Crippen molar-refractivity contribution in [3.63, 3.8) is 0 Å². The molecule has 0 saturated heterocycles. The first-order valence-corrected chi connectivity index (χ1v) is 7.74. The second-order valence-corrected chi connectivity index (χ2v) is 5.46. The number of methoxy groups -OCH3 is 2. The van der Waals surface area contributed by atoms with Gasteiger partial charge in [0.1, 0.15) is 0 Å². The van der Waals surface area contributed by atoms with E-state index in [0.29, 0.717) is 23.9 Å². The SMILES string of the molecule is CCOc1c(OC)cc(CN(C)c2cccc(C)c2)cc1OC. The van der Waals surface area contributed by atoms with E-state index in [1.807, 2.05) is 19.1 Å². The molecule has 2 aromatic rings. The summed E-state index contributed by atoms with van der Waals surface area (Å²) in [5.41, 5.74) is 3.53. The van der Waals surface area contributed by atoms with Gasteiger partial charge in [-0.05, 0) is 49.2 Å². The summed E-state index contributed by atoms with van der Waals surface area (Å²) < 4.78 is 16.6. The molecular formula is C19H25NO3. The Morgan fingerprint density at radius 3 is 2.17 bits per heavy atom. The second-order valence-electron chi connectivity index (χ2n) is 5.46. The van der Waals surface area contributed by atoms with Crippen LogP contribution >= 0.6 is 0 Å². The average molecular weight is 315 g/mol. The molecule has 0 fully saturated rings. The Kier molecular flexibility index (Phi) is 5.74. The van der Waals surface area contributed by atoms with E-state index >= 15 is 0 Å². The Hall–Kier alpha value is -2.36. The van der Waals surface area contributed by atoms with Gasteiger partial charge in [-0.3, -0.25) is 0 Å². The molecule has 0 spiro atoms. The third-order valence-electron chi connectivity index (χ3n) is 3.67. The van der Waals surface area contributed by atoms with Gasteiger partial charge in [0.05, 0.1) is 20.8 Å². The molecule has 0 saturated carbocycles. The van der Waals surface area contributed by atoms with Gasteiger partial charge >= 0.3 is 0 Å². The Balaban J connectivity index is 2.29. The molecule has 0 heterocycles. The van der Waals surface area contributed by atoms with Crippen molar-refractivity contribution in [2.45, 2.75) is 20.4 Å². The third kappa shape index (κ3) is 4.09. The van der Waals surface area contributed by atoms with Crippen molar-refractivity contribution in [1.82, 2.24) is 0 Å². The molecule has 23 heavy (non-hydrogen) atoms. The maximum absolute atomic E-state index is 5.65. The van der Waals surface area contributed by atoms with E-state index in [2.05, 4.69) is 43.1 Å². The van der Waals surface area contributed by atoms with Crippen molar-refractivity contribution in [3.8, 4) is 17.2 Å². The van der Waals surface area contributed by atoms with E-state index < -0.39 is 0 Å². The second kappa shape index (κ2) is 7.77. The van der Waals surface area contributed by atoms with E-state index in [1.54, 1.807) is 14.2 Å². The molecule has 0 radical (unpaired) electrons. The van der Waals surface area contributed by atoms with E-state index in [1.165, 1.54) is 11.3 Å². The Labute approximate surface area is 138 Å². The number of ether oxygens (including phenoxy) is 3. The van der Waals surface area contributed by atoms with E-state index in [9.17, 15) is 0 Å². The van der Waals surface area contributed by atoms with Crippen molar-refractivity contribution >= 4 is 5.69 Å². The lowest BCUT2D eigenvalue weighted by molar-refractivity contribution is 0.288. The van der Waals surface area contributed by atoms with Crippen LogP contribution in [0.15, 0.2) is 36.4 Å². The van der Waals surface area contributed by atoms with E-state index in [-0.39, 0.29) is 0 Å². The molecule has 4 heteroatoms. The summed E-state index contributed by atoms with van der Waals surface area (Å²) in [6, 6.07) is 12.4. The van der Waals surface area contributed by atoms with Crippen LogP contribution in [-0.4, -0.2) is 27.9 Å². The fourth-order valence-corrected chi connectivity index (χ4v) is 2.54. The summed E-state index contributed by atoms with van der Waals surface area (Å²) >= 11 is 0. The van der Waals surface area contributed by atoms with Crippen molar-refractivity contribution < 1.29 is 14.2 Å². The van der Waals surface area contributed by atoms with Crippen LogP contribution < -0.4 is 19.1 Å². The maximum atomic E-state index is 5.65. The lowest BCUT2D eigenvalue weighted by atomic mass is 10.1. The normalized spacial score (nSPS) is 10.3. The summed E-state index contributed by atoms with van der Waals surface area (Å²) in [6.45, 7) is 5.36. The van der Waals surface area contributed by atoms with Gasteiger partial charge in [-0.25, -0.2) is 0 Å². The molecule has 0 aliphatic rings. The van der Waals surface area contributed by atoms with Gasteiger partial charge in [0, 0.05) is 19.3 Å². The highest BCUT2D eigenvalue weighted by atomic mass is 16.5. The van der Waals surface area contributed by atoms with Crippen LogP contribution in [0.4, 0.5) is 5.69 Å². The number of hydrogen-bond donors (Lipinski definition) is 0. The fourth-order valence-electron chi connectivity index (χ4n) is 2.54. The Morgan fingerprint density at radius 1 is 1.00 bits per heavy atom. The molecule has 0 aliphatic carbocycles. The predicted octanol–water partition coefficient (Wildman–Crippen LogP) is 4.05. The van der Waals surface area contributed by atoms with E-state index in [4.69, 9.17) is 14.2 Å². The summed E-state index contributed by atoms with van der Waals surface area (Å²) in [5, 5.41) is 0. The van der Waals surface area contributed by atoms with Gasteiger partial charge in [0.15, 0.2) is 11.5 Å². The van der Waals surface area contributed by atoms with Gasteiger partial charge in [0.25, 0.3) is 0 Å². The zero-order valence-electron chi connectivity index (χ0n) is 14.6. The molecule has 0 amide bonds. The minimum atomic E-state index is 0.565. The molecule has 0 unspecified atom stereocenters. The van der Waals surface area contributed by atoms with Crippen LogP contribution in [0.5, 0.6) is 17.2 Å². The first kappa shape index (κ1) is 17.0. The van der Waals surface area contributed by atoms with Crippen LogP contribution in [-0.2, 0) is 6.54 Å². The molecule has 0 N–H and O–H groups in total. The third-order valence-corrected chi connectivity index (χ3v) is 3.67. The number of benzene rings is 2. The number of aryl methyl sites for hydroxylation is 1. The molecule has 0 aromatic heterocycles. The highest BCUT2D eigenvalue weighted by Crippen LogP contribution is 2.39. The van der Waals surface area contributed by atoms with Gasteiger partial charge in [-0.2, -0.15) is 0 Å². The maximum Gasteiger partial charge on any atom is 0.203 e. The number of anilines is 1. The predicted molar refractivity (Wildman–Crippen MR) is 94.0 cm³/mol. The minimum absolute atomic E-state index is 0.565. The van der Waals surface area contributed by atoms with Crippen LogP contribution in [0.3, 0.4) is 0 Å². The monoisotopic (exact) mass is 315 g/mol. The van der Waals surface area contributed by atoms with Crippen molar-refractivity contribution in [3.05, 3.63) is 47.5 Å². The molecule has 0 bridgehead atoms. The number of nitrogens with zero attached hydrogens (tertiary/aromatic N) is 1. The Bertz CT molecular complexity index is 630. The summed E-state index contributed by atoms with van der Waals surface area (Å²) in [7, 11) is 5.36. The molecule has 124 valence electrons. The molecule has 0 aliphatic heterocycles. The summed E-state index contributed by atoms with van der Waals surface area (Å²) in [5.74, 6) is 2.04. The fraction of sp³-hybridized carbons (Fsp3) is 0.368. The molecule has 2 aromatic carbocycles. The topological polar surface area (TPSA) is 30.9 Å². The van der Waals surface area contributed by atoms with Crippen molar-refractivity contribution in [1.29, 1.82) is 0 Å².